The molecule has 36 heavy (non-hydrogen) atoms. The monoisotopic (exact) mass is 506 g/mol. The fraction of sp³-hybridized carbons (Fsp3) is 0.857. The van der Waals surface area contributed by atoms with Crippen LogP contribution in [0.5, 0.6) is 0 Å². The summed E-state index contributed by atoms with van der Waals surface area (Å²) in [4.78, 5) is 53.2. The molecule has 3 saturated heterocycles. The minimum absolute atomic E-state index is 0.0164. The summed E-state index contributed by atoms with van der Waals surface area (Å²) in [5, 5.41) is 1.52. The molecule has 3 aliphatic heterocycles. The molecule has 2 bridgehead atoms. The first-order valence-corrected chi connectivity index (χ1v) is 13.8. The van der Waals surface area contributed by atoms with E-state index in [1.807, 2.05) is 55.4 Å². The van der Waals surface area contributed by atoms with E-state index in [9.17, 15) is 19.2 Å². The zero-order valence-electron chi connectivity index (χ0n) is 23.6. The predicted octanol–water partition coefficient (Wildman–Crippen LogP) is 3.49. The summed E-state index contributed by atoms with van der Waals surface area (Å²) < 4.78 is 12.2. The van der Waals surface area contributed by atoms with E-state index in [0.717, 1.165) is 0 Å². The highest BCUT2D eigenvalue weighted by molar-refractivity contribution is 6.03. The number of hydrazine groups is 1. The van der Waals surface area contributed by atoms with E-state index in [1.165, 1.54) is 5.01 Å². The number of nitrogens with zero attached hydrogens (tertiary/aromatic N) is 1. The number of rotatable bonds is 2. The molecule has 8 nitrogen and oxygen atoms in total. The Bertz CT molecular complexity index is 922. The molecule has 2 N–H and O–H groups in total. The van der Waals surface area contributed by atoms with E-state index >= 15 is 0 Å². The Hall–Kier alpha value is -1.64. The Kier molecular flexibility index (Phi) is 7.97. The highest BCUT2D eigenvalue weighted by atomic mass is 16.5. The van der Waals surface area contributed by atoms with Gasteiger partial charge in [-0.25, -0.2) is 5.01 Å². The molecule has 1 spiro atoms. The normalized spacial score (nSPS) is 48.8. The highest BCUT2D eigenvalue weighted by Crippen LogP contribution is 2.66. The van der Waals surface area contributed by atoms with Gasteiger partial charge in [-0.3, -0.25) is 25.0 Å². The lowest BCUT2D eigenvalue weighted by atomic mass is 9.53. The van der Waals surface area contributed by atoms with Gasteiger partial charge in [0.2, 0.25) is 0 Å². The van der Waals surface area contributed by atoms with E-state index in [0.29, 0.717) is 25.9 Å². The third-order valence-electron chi connectivity index (χ3n) is 9.88. The molecular weight excluding hydrogens is 460 g/mol. The second kappa shape index (κ2) is 9.91. The number of nitrogens with two attached hydrogens (primary N) is 1. The van der Waals surface area contributed by atoms with Gasteiger partial charge in [-0.2, -0.15) is 0 Å². The summed E-state index contributed by atoms with van der Waals surface area (Å²) >= 11 is 0. The average molecular weight is 507 g/mol. The molecule has 0 radical (unpaired) electrons. The first-order valence-electron chi connectivity index (χ1n) is 13.8. The smallest absolute Gasteiger partial charge is 0.316 e. The van der Waals surface area contributed by atoms with Gasteiger partial charge >= 0.3 is 5.97 Å². The first-order chi connectivity index (χ1) is 16.8. The molecular formula is C28H46N2O6. The minimum atomic E-state index is -1.02. The lowest BCUT2D eigenvalue weighted by Crippen LogP contribution is -2.65. The molecule has 2 unspecified atom stereocenters. The number of cyclic esters (lactones) is 1. The molecule has 4 rings (SSSR count). The topological polar surface area (TPSA) is 116 Å². The number of carbonyl (C=O) groups is 4. The summed E-state index contributed by atoms with van der Waals surface area (Å²) in [7, 11) is 0. The Morgan fingerprint density at radius 3 is 2.11 bits per heavy atom. The van der Waals surface area contributed by atoms with Gasteiger partial charge in [-0.05, 0) is 39.0 Å². The Morgan fingerprint density at radius 2 is 1.58 bits per heavy atom. The van der Waals surface area contributed by atoms with Crippen molar-refractivity contribution in [2.24, 2.45) is 40.8 Å². The molecule has 4 fully saturated rings. The fourth-order valence-corrected chi connectivity index (χ4v) is 7.85. The first kappa shape index (κ1) is 28.9. The van der Waals surface area contributed by atoms with Crippen molar-refractivity contribution in [3.63, 3.8) is 0 Å². The van der Waals surface area contributed by atoms with Gasteiger partial charge in [0, 0.05) is 29.6 Å². The zero-order chi connectivity index (χ0) is 27.4. The molecule has 0 aromatic carbocycles. The standard InChI is InChI=1S/C26H40N2O6.C2H6/c1-8-17-13(3)20(30)15(5)23(32)34-19(9-2)24(6)11-18(29)26(24)22(28(26)27)14(4)21(31)16-10-25(17,7)33-12-16;1-2/h13-17,19,22H,8-12,27H2,1-7H3;1-2H3/t13-,14+,15-,16+,17-,19-,22-,24-,25-,26?,28?;/m1./s1. The van der Waals surface area contributed by atoms with Crippen molar-refractivity contribution in [1.82, 2.24) is 5.01 Å². The summed E-state index contributed by atoms with van der Waals surface area (Å²) in [5.74, 6) is 3.43. The Balaban J connectivity index is 0.00000176. The van der Waals surface area contributed by atoms with Crippen LogP contribution < -0.4 is 5.84 Å². The number of hydrogen-bond acceptors (Lipinski definition) is 8. The number of hydrogen-bond donors (Lipinski definition) is 1. The number of Topliss-reactive ketones (excluding diaryl/α,β-unsaturated/α-hetero) is 3. The summed E-state index contributed by atoms with van der Waals surface area (Å²) in [6.07, 6.45) is 1.34. The third kappa shape index (κ3) is 3.81. The lowest BCUT2D eigenvalue weighted by Gasteiger charge is -2.50. The van der Waals surface area contributed by atoms with Crippen LogP contribution in [0.2, 0.25) is 0 Å². The van der Waals surface area contributed by atoms with Gasteiger partial charge in [-0.1, -0.05) is 48.5 Å². The van der Waals surface area contributed by atoms with Crippen LogP contribution in [0.1, 0.15) is 88.0 Å². The van der Waals surface area contributed by atoms with Gasteiger partial charge in [0.05, 0.1) is 18.2 Å². The maximum absolute atomic E-state index is 13.6. The van der Waals surface area contributed by atoms with Crippen LogP contribution in [-0.2, 0) is 28.7 Å². The summed E-state index contributed by atoms with van der Waals surface area (Å²) in [5.41, 5.74) is -2.38. The molecule has 1 saturated carbocycles. The number of esters is 1. The lowest BCUT2D eigenvalue weighted by molar-refractivity contribution is -0.177. The SMILES string of the molecule is CC.CC[C@@H]1[C@@H](C)C(=O)[C@@H](C)C(=O)O[C@H](CC)[C@@]2(C)CC(=O)C23[C@@H]([C@@H](C)C(=O)[C@@H]2CO[C@]1(C)C2)N3N. The number of ether oxygens (including phenoxy) is 2. The maximum Gasteiger partial charge on any atom is 0.316 e. The van der Waals surface area contributed by atoms with Crippen molar-refractivity contribution in [3.8, 4) is 0 Å². The minimum Gasteiger partial charge on any atom is -0.461 e. The maximum atomic E-state index is 13.6. The molecule has 8 heteroatoms. The molecule has 204 valence electrons. The molecule has 0 aromatic rings. The van der Waals surface area contributed by atoms with Gasteiger partial charge in [0.25, 0.3) is 0 Å². The molecule has 1 aliphatic carbocycles. The second-order valence-electron chi connectivity index (χ2n) is 11.6. The van der Waals surface area contributed by atoms with Crippen LogP contribution >= 0.6 is 0 Å². The van der Waals surface area contributed by atoms with E-state index in [-0.39, 0.29) is 35.6 Å². The predicted molar refractivity (Wildman–Crippen MR) is 136 cm³/mol. The molecule has 11 atom stereocenters. The van der Waals surface area contributed by atoms with Crippen LogP contribution in [0.25, 0.3) is 0 Å². The summed E-state index contributed by atoms with van der Waals surface area (Å²) in [6.45, 7) is 17.4. The average Bonchev–Trinajstić information content (AvgIpc) is 3.35. The van der Waals surface area contributed by atoms with Crippen LogP contribution in [0, 0.1) is 35.0 Å². The number of carbonyl (C=O) groups excluding carboxylic acids is 4. The third-order valence-corrected chi connectivity index (χ3v) is 9.88. The highest BCUT2D eigenvalue weighted by Gasteiger charge is 2.84. The van der Waals surface area contributed by atoms with Crippen molar-refractivity contribution in [1.29, 1.82) is 0 Å². The van der Waals surface area contributed by atoms with Crippen LogP contribution in [0.4, 0.5) is 0 Å². The van der Waals surface area contributed by atoms with Crippen LogP contribution in [0.3, 0.4) is 0 Å². The van der Waals surface area contributed by atoms with E-state index in [2.05, 4.69) is 0 Å². The zero-order valence-corrected chi connectivity index (χ0v) is 23.6. The second-order valence-corrected chi connectivity index (χ2v) is 11.6. The van der Waals surface area contributed by atoms with Crippen LogP contribution in [0.15, 0.2) is 0 Å². The van der Waals surface area contributed by atoms with Crippen molar-refractivity contribution >= 4 is 23.3 Å². The molecule has 0 aromatic heterocycles. The van der Waals surface area contributed by atoms with E-state index in [1.54, 1.807) is 6.92 Å². The van der Waals surface area contributed by atoms with Crippen molar-refractivity contribution in [2.45, 2.75) is 111 Å². The van der Waals surface area contributed by atoms with Gasteiger partial charge in [0.1, 0.15) is 29.1 Å². The van der Waals surface area contributed by atoms with Crippen molar-refractivity contribution in [3.05, 3.63) is 0 Å². The van der Waals surface area contributed by atoms with Crippen molar-refractivity contribution < 1.29 is 28.7 Å². The largest absolute Gasteiger partial charge is 0.461 e. The Labute approximate surface area is 216 Å². The van der Waals surface area contributed by atoms with Gasteiger partial charge < -0.3 is 9.47 Å². The number of fused-ring (bicyclic) bond motifs is 2. The molecule has 4 aliphatic rings. The molecule has 3 heterocycles. The van der Waals surface area contributed by atoms with E-state index in [4.69, 9.17) is 15.3 Å². The van der Waals surface area contributed by atoms with E-state index < -0.39 is 52.4 Å². The van der Waals surface area contributed by atoms with Gasteiger partial charge in [0.15, 0.2) is 5.78 Å². The van der Waals surface area contributed by atoms with Crippen LogP contribution in [-0.4, -0.2) is 58.2 Å². The van der Waals surface area contributed by atoms with Gasteiger partial charge in [-0.15, -0.1) is 0 Å². The Morgan fingerprint density at radius 1 is 0.972 bits per heavy atom. The molecule has 0 amide bonds. The van der Waals surface area contributed by atoms with Crippen molar-refractivity contribution in [2.75, 3.05) is 6.61 Å². The quantitative estimate of drug-likeness (QED) is 0.262. The number of ketones is 3. The summed E-state index contributed by atoms with van der Waals surface area (Å²) in [6, 6.07) is -0.434. The fourth-order valence-electron chi connectivity index (χ4n) is 7.85.